The fraction of sp³-hybridized carbons (Fsp3) is 0.278. The molecule has 0 spiro atoms. The van der Waals surface area contributed by atoms with Gasteiger partial charge in [-0.2, -0.15) is 18.4 Å². The molecule has 146 valence electrons. The van der Waals surface area contributed by atoms with Gasteiger partial charge in [-0.1, -0.05) is 17.7 Å². The third-order valence-corrected chi connectivity index (χ3v) is 5.06. The lowest BCUT2D eigenvalue weighted by Gasteiger charge is -2.12. The SMILES string of the molecule is CCOc1c(Cl)cc(/C=N/NS(=O)(=O)c2cc(C)ccc2OC)cc1OC. The van der Waals surface area contributed by atoms with Gasteiger partial charge in [0.1, 0.15) is 10.6 Å². The average molecular weight is 413 g/mol. The third-order valence-electron chi connectivity index (χ3n) is 3.54. The highest BCUT2D eigenvalue weighted by Crippen LogP contribution is 2.36. The summed E-state index contributed by atoms with van der Waals surface area (Å²) in [7, 11) is -1.01. The van der Waals surface area contributed by atoms with Crippen molar-refractivity contribution in [2.75, 3.05) is 20.8 Å². The Hall–Kier alpha value is -2.45. The molecule has 0 unspecified atom stereocenters. The maximum Gasteiger partial charge on any atom is 0.280 e. The van der Waals surface area contributed by atoms with Crippen molar-refractivity contribution < 1.29 is 22.6 Å². The Morgan fingerprint density at radius 3 is 2.48 bits per heavy atom. The molecule has 0 aromatic heterocycles. The molecule has 2 aromatic rings. The van der Waals surface area contributed by atoms with Crippen LogP contribution >= 0.6 is 11.6 Å². The molecule has 0 aliphatic carbocycles. The van der Waals surface area contributed by atoms with Crippen molar-refractivity contribution in [3.8, 4) is 17.2 Å². The molecule has 0 atom stereocenters. The maximum atomic E-state index is 12.5. The zero-order valence-electron chi connectivity index (χ0n) is 15.4. The summed E-state index contributed by atoms with van der Waals surface area (Å²) < 4.78 is 40.8. The standard InChI is InChI=1S/C18H21ClN2O5S/c1-5-26-18-14(19)9-13(10-16(18)25-4)11-20-21-27(22,23)17-8-12(2)6-7-15(17)24-3/h6-11,21H,5H2,1-4H3/b20-11+. The minimum Gasteiger partial charge on any atom is -0.495 e. The van der Waals surface area contributed by atoms with Crippen LogP contribution in [0.4, 0.5) is 0 Å². The van der Waals surface area contributed by atoms with Crippen LogP contribution in [0.25, 0.3) is 0 Å². The predicted octanol–water partition coefficient (Wildman–Crippen LogP) is 3.38. The molecule has 0 bridgehead atoms. The summed E-state index contributed by atoms with van der Waals surface area (Å²) in [6.45, 7) is 4.05. The minimum atomic E-state index is -3.90. The first-order valence-corrected chi connectivity index (χ1v) is 9.88. The van der Waals surface area contributed by atoms with E-state index in [0.717, 1.165) is 5.56 Å². The molecular formula is C18H21ClN2O5S. The number of rotatable bonds is 8. The van der Waals surface area contributed by atoms with Crippen LogP contribution in [0.15, 0.2) is 40.3 Å². The number of sulfonamides is 1. The number of aryl methyl sites for hydroxylation is 1. The van der Waals surface area contributed by atoms with Crippen molar-refractivity contribution in [1.29, 1.82) is 0 Å². The van der Waals surface area contributed by atoms with Crippen LogP contribution in [0.5, 0.6) is 17.2 Å². The van der Waals surface area contributed by atoms with Gasteiger partial charge in [0, 0.05) is 0 Å². The lowest BCUT2D eigenvalue weighted by Crippen LogP contribution is -2.19. The number of hydrogen-bond donors (Lipinski definition) is 1. The molecule has 0 saturated carbocycles. The summed E-state index contributed by atoms with van der Waals surface area (Å²) in [5, 5.41) is 4.15. The van der Waals surface area contributed by atoms with Gasteiger partial charge in [-0.25, -0.2) is 0 Å². The van der Waals surface area contributed by atoms with E-state index in [1.165, 1.54) is 26.5 Å². The highest BCUT2D eigenvalue weighted by atomic mass is 35.5. The van der Waals surface area contributed by atoms with E-state index < -0.39 is 10.0 Å². The maximum absolute atomic E-state index is 12.5. The minimum absolute atomic E-state index is 0.00413. The van der Waals surface area contributed by atoms with Crippen LogP contribution in [0.2, 0.25) is 5.02 Å². The Morgan fingerprint density at radius 2 is 1.85 bits per heavy atom. The van der Waals surface area contributed by atoms with E-state index in [1.807, 2.05) is 6.92 Å². The number of methoxy groups -OCH3 is 2. The first kappa shape index (κ1) is 20.9. The fourth-order valence-electron chi connectivity index (χ4n) is 2.31. The lowest BCUT2D eigenvalue weighted by molar-refractivity contribution is 0.311. The molecule has 0 saturated heterocycles. The number of hydrogen-bond acceptors (Lipinski definition) is 6. The van der Waals surface area contributed by atoms with Gasteiger partial charge in [-0.15, -0.1) is 0 Å². The molecule has 0 heterocycles. The van der Waals surface area contributed by atoms with Gasteiger partial charge in [0.05, 0.1) is 32.1 Å². The molecule has 1 N–H and O–H groups in total. The van der Waals surface area contributed by atoms with Crippen LogP contribution in [0.3, 0.4) is 0 Å². The Kier molecular flexibility index (Phi) is 6.92. The number of nitrogens with zero attached hydrogens (tertiary/aromatic N) is 1. The van der Waals surface area contributed by atoms with E-state index in [1.54, 1.807) is 31.2 Å². The van der Waals surface area contributed by atoms with Crippen molar-refractivity contribution in [2.45, 2.75) is 18.7 Å². The summed E-state index contributed by atoms with van der Waals surface area (Å²) in [5.74, 6) is 1.08. The molecule has 0 aliphatic rings. The molecule has 7 nitrogen and oxygen atoms in total. The summed E-state index contributed by atoms with van der Waals surface area (Å²) in [6.07, 6.45) is 1.32. The number of hydrazone groups is 1. The zero-order chi connectivity index (χ0) is 20.0. The second-order valence-electron chi connectivity index (χ2n) is 5.47. The monoisotopic (exact) mass is 412 g/mol. The number of ether oxygens (including phenoxy) is 3. The van der Waals surface area contributed by atoms with Gasteiger partial charge in [0.15, 0.2) is 11.5 Å². The average Bonchev–Trinajstić information content (AvgIpc) is 2.63. The molecule has 0 radical (unpaired) electrons. The van der Waals surface area contributed by atoms with Crippen LogP contribution in [-0.2, 0) is 10.0 Å². The lowest BCUT2D eigenvalue weighted by atomic mass is 10.2. The van der Waals surface area contributed by atoms with Crippen molar-refractivity contribution in [3.63, 3.8) is 0 Å². The highest BCUT2D eigenvalue weighted by Gasteiger charge is 2.19. The van der Waals surface area contributed by atoms with Gasteiger partial charge in [0.2, 0.25) is 0 Å². The predicted molar refractivity (Wildman–Crippen MR) is 105 cm³/mol. The van der Waals surface area contributed by atoms with Gasteiger partial charge < -0.3 is 14.2 Å². The zero-order valence-corrected chi connectivity index (χ0v) is 17.0. The topological polar surface area (TPSA) is 86.2 Å². The van der Waals surface area contributed by atoms with Crippen molar-refractivity contribution in [1.82, 2.24) is 4.83 Å². The highest BCUT2D eigenvalue weighted by molar-refractivity contribution is 7.89. The third kappa shape index (κ3) is 5.05. The summed E-state index contributed by atoms with van der Waals surface area (Å²) in [5.41, 5.74) is 1.32. The molecule has 2 rings (SSSR count). The summed E-state index contributed by atoms with van der Waals surface area (Å²) in [6, 6.07) is 8.09. The van der Waals surface area contributed by atoms with Crippen LogP contribution in [0.1, 0.15) is 18.1 Å². The quantitative estimate of drug-likeness (QED) is 0.530. The van der Waals surface area contributed by atoms with E-state index >= 15 is 0 Å². The first-order valence-electron chi connectivity index (χ1n) is 8.02. The van der Waals surface area contributed by atoms with Crippen LogP contribution in [-0.4, -0.2) is 35.5 Å². The van der Waals surface area contributed by atoms with E-state index in [9.17, 15) is 8.42 Å². The van der Waals surface area contributed by atoms with E-state index in [-0.39, 0.29) is 10.6 Å². The Balaban J connectivity index is 2.27. The molecule has 27 heavy (non-hydrogen) atoms. The molecule has 0 amide bonds. The summed E-state index contributed by atoms with van der Waals surface area (Å²) >= 11 is 6.19. The molecule has 9 heteroatoms. The number of nitrogens with one attached hydrogen (secondary N) is 1. The Bertz CT molecular complexity index is 945. The van der Waals surface area contributed by atoms with Crippen molar-refractivity contribution in [3.05, 3.63) is 46.5 Å². The molecule has 0 aliphatic heterocycles. The fourth-order valence-corrected chi connectivity index (χ4v) is 3.63. The van der Waals surface area contributed by atoms with Gasteiger partial charge in [-0.05, 0) is 49.2 Å². The van der Waals surface area contributed by atoms with Gasteiger partial charge in [-0.3, -0.25) is 0 Å². The Labute approximate surface area is 163 Å². The summed E-state index contributed by atoms with van der Waals surface area (Å²) in [4.78, 5) is 2.17. The first-order chi connectivity index (χ1) is 12.8. The molecule has 2 aromatic carbocycles. The normalized spacial score (nSPS) is 11.4. The van der Waals surface area contributed by atoms with Crippen LogP contribution in [0, 0.1) is 6.92 Å². The second kappa shape index (κ2) is 8.96. The smallest absolute Gasteiger partial charge is 0.280 e. The number of benzene rings is 2. The molecule has 0 fully saturated rings. The van der Waals surface area contributed by atoms with E-state index in [2.05, 4.69) is 9.93 Å². The van der Waals surface area contributed by atoms with Gasteiger partial charge in [0.25, 0.3) is 10.0 Å². The van der Waals surface area contributed by atoms with Crippen molar-refractivity contribution >= 4 is 27.8 Å². The van der Waals surface area contributed by atoms with Gasteiger partial charge >= 0.3 is 0 Å². The second-order valence-corrected chi connectivity index (χ2v) is 7.51. The van der Waals surface area contributed by atoms with E-state index in [0.29, 0.717) is 28.7 Å². The van der Waals surface area contributed by atoms with Crippen molar-refractivity contribution in [2.24, 2.45) is 5.10 Å². The van der Waals surface area contributed by atoms with E-state index in [4.69, 9.17) is 25.8 Å². The molecular weight excluding hydrogens is 392 g/mol. The van der Waals surface area contributed by atoms with Crippen LogP contribution < -0.4 is 19.0 Å². The Morgan fingerprint density at radius 1 is 1.15 bits per heavy atom. The number of halogens is 1. The largest absolute Gasteiger partial charge is 0.495 e.